The molecule has 9 heavy (non-hydrogen) atoms. The van der Waals surface area contributed by atoms with Crippen LogP contribution in [-0.4, -0.2) is 20.2 Å². The third-order valence-corrected chi connectivity index (χ3v) is 0.602. The van der Waals surface area contributed by atoms with Gasteiger partial charge in [-0.3, -0.25) is 0 Å². The van der Waals surface area contributed by atoms with Crippen molar-refractivity contribution >= 4 is 5.97 Å². The Morgan fingerprint density at radius 1 is 1.56 bits per heavy atom. The normalized spacial score (nSPS) is 10.8. The Bertz CT molecular complexity index is 130. The lowest BCUT2D eigenvalue weighted by molar-refractivity contribution is -0.138. The summed E-state index contributed by atoms with van der Waals surface area (Å²) in [6, 6.07) is 0. The van der Waals surface area contributed by atoms with Gasteiger partial charge in [0.25, 0.3) is 0 Å². The maximum Gasteiger partial charge on any atom is 0.370 e. The van der Waals surface area contributed by atoms with Crippen molar-refractivity contribution in [3.8, 4) is 0 Å². The SMILES string of the molecule is CO/C=C(/F)C(=O)OC. The van der Waals surface area contributed by atoms with E-state index in [2.05, 4.69) is 9.47 Å². The molecule has 0 fully saturated rings. The monoisotopic (exact) mass is 134 g/mol. The smallest absolute Gasteiger partial charge is 0.370 e. The van der Waals surface area contributed by atoms with Crippen LogP contribution in [0.25, 0.3) is 0 Å². The van der Waals surface area contributed by atoms with Gasteiger partial charge in [0.05, 0.1) is 14.2 Å². The fraction of sp³-hybridized carbons (Fsp3) is 0.400. The first kappa shape index (κ1) is 7.94. The van der Waals surface area contributed by atoms with Crippen LogP contribution in [0.15, 0.2) is 12.1 Å². The van der Waals surface area contributed by atoms with Crippen LogP contribution in [0, 0.1) is 0 Å². The zero-order chi connectivity index (χ0) is 7.28. The van der Waals surface area contributed by atoms with Gasteiger partial charge in [0.15, 0.2) is 0 Å². The molecule has 0 aromatic heterocycles. The minimum atomic E-state index is -1.04. The van der Waals surface area contributed by atoms with Crippen LogP contribution in [-0.2, 0) is 14.3 Å². The number of methoxy groups -OCH3 is 2. The highest BCUT2D eigenvalue weighted by Gasteiger charge is 2.06. The lowest BCUT2D eigenvalue weighted by atomic mass is 10.6. The van der Waals surface area contributed by atoms with Crippen LogP contribution in [0.2, 0.25) is 0 Å². The number of rotatable bonds is 2. The summed E-state index contributed by atoms with van der Waals surface area (Å²) in [7, 11) is 2.33. The van der Waals surface area contributed by atoms with Gasteiger partial charge in [0.1, 0.15) is 6.26 Å². The Morgan fingerprint density at radius 3 is 2.44 bits per heavy atom. The number of halogens is 1. The largest absolute Gasteiger partial charge is 0.501 e. The molecule has 0 radical (unpaired) electrons. The number of hydrogen-bond acceptors (Lipinski definition) is 3. The van der Waals surface area contributed by atoms with E-state index in [1.165, 1.54) is 7.11 Å². The van der Waals surface area contributed by atoms with E-state index in [0.717, 1.165) is 7.11 Å². The predicted octanol–water partition coefficient (Wildman–Crippen LogP) is 0.617. The van der Waals surface area contributed by atoms with Gasteiger partial charge in [-0.2, -0.15) is 4.39 Å². The molecule has 0 saturated heterocycles. The molecule has 0 aliphatic heterocycles. The summed E-state index contributed by atoms with van der Waals surface area (Å²) in [5.74, 6) is -2.07. The maximum atomic E-state index is 12.1. The maximum absolute atomic E-state index is 12.1. The fourth-order valence-corrected chi connectivity index (χ4v) is 0.249. The van der Waals surface area contributed by atoms with Gasteiger partial charge in [-0.15, -0.1) is 0 Å². The van der Waals surface area contributed by atoms with E-state index < -0.39 is 11.8 Å². The van der Waals surface area contributed by atoms with Gasteiger partial charge in [-0.1, -0.05) is 0 Å². The van der Waals surface area contributed by atoms with E-state index in [9.17, 15) is 9.18 Å². The molecule has 0 rings (SSSR count). The van der Waals surface area contributed by atoms with E-state index in [1.807, 2.05) is 0 Å². The molecule has 0 atom stereocenters. The summed E-state index contributed by atoms with van der Waals surface area (Å²) in [6.45, 7) is 0. The van der Waals surface area contributed by atoms with Gasteiger partial charge >= 0.3 is 5.97 Å². The van der Waals surface area contributed by atoms with Crippen LogP contribution >= 0.6 is 0 Å². The summed E-state index contributed by atoms with van der Waals surface area (Å²) in [5, 5.41) is 0. The summed E-state index contributed by atoms with van der Waals surface area (Å²) in [6.07, 6.45) is 0.672. The molecule has 3 nitrogen and oxygen atoms in total. The molecule has 0 bridgehead atoms. The summed E-state index contributed by atoms with van der Waals surface area (Å²) < 4.78 is 20.2. The van der Waals surface area contributed by atoms with Crippen molar-refractivity contribution in [2.75, 3.05) is 14.2 Å². The second-order valence-corrected chi connectivity index (χ2v) is 1.19. The Morgan fingerprint density at radius 2 is 2.11 bits per heavy atom. The van der Waals surface area contributed by atoms with Gasteiger partial charge in [-0.25, -0.2) is 4.79 Å². The molecule has 0 spiro atoms. The average Bonchev–Trinajstić information content (AvgIpc) is 1.87. The number of hydrogen-bond donors (Lipinski definition) is 0. The molecule has 0 unspecified atom stereocenters. The van der Waals surface area contributed by atoms with Crippen molar-refractivity contribution in [2.45, 2.75) is 0 Å². The molecule has 52 valence electrons. The summed E-state index contributed by atoms with van der Waals surface area (Å²) >= 11 is 0. The first-order valence-electron chi connectivity index (χ1n) is 2.19. The van der Waals surface area contributed by atoms with E-state index >= 15 is 0 Å². The molecule has 0 amide bonds. The van der Waals surface area contributed by atoms with E-state index in [1.54, 1.807) is 0 Å². The highest BCUT2D eigenvalue weighted by Crippen LogP contribution is 1.97. The van der Waals surface area contributed by atoms with Gasteiger partial charge in [0.2, 0.25) is 5.83 Å². The first-order chi connectivity index (χ1) is 4.22. The number of ether oxygens (including phenoxy) is 2. The average molecular weight is 134 g/mol. The molecular formula is C5H7FO3. The molecule has 0 aromatic rings. The van der Waals surface area contributed by atoms with Crippen LogP contribution < -0.4 is 0 Å². The topological polar surface area (TPSA) is 35.5 Å². The summed E-state index contributed by atoms with van der Waals surface area (Å²) in [4.78, 5) is 10.2. The van der Waals surface area contributed by atoms with Crippen molar-refractivity contribution < 1.29 is 18.7 Å². The van der Waals surface area contributed by atoms with Crippen molar-refractivity contribution in [1.82, 2.24) is 0 Å². The van der Waals surface area contributed by atoms with Gasteiger partial charge < -0.3 is 9.47 Å². The number of esters is 1. The Kier molecular flexibility index (Phi) is 3.43. The second kappa shape index (κ2) is 3.88. The zero-order valence-corrected chi connectivity index (χ0v) is 5.18. The Hall–Kier alpha value is -1.06. The molecule has 0 aliphatic rings. The molecule has 0 aromatic carbocycles. The second-order valence-electron chi connectivity index (χ2n) is 1.19. The molecule has 4 heteroatoms. The van der Waals surface area contributed by atoms with Crippen LogP contribution in [0.1, 0.15) is 0 Å². The quantitative estimate of drug-likeness (QED) is 0.315. The van der Waals surface area contributed by atoms with Crippen LogP contribution in [0.4, 0.5) is 4.39 Å². The minimum absolute atomic E-state index is 0.672. The molecule has 0 saturated carbocycles. The van der Waals surface area contributed by atoms with Crippen LogP contribution in [0.5, 0.6) is 0 Å². The van der Waals surface area contributed by atoms with E-state index in [-0.39, 0.29) is 0 Å². The standard InChI is InChI=1S/C5H7FO3/c1-8-3-4(6)5(7)9-2/h3H,1-2H3/b4-3+. The minimum Gasteiger partial charge on any atom is -0.501 e. The van der Waals surface area contributed by atoms with E-state index in [0.29, 0.717) is 6.26 Å². The number of carbonyl (C=O) groups is 1. The Labute approximate surface area is 52.1 Å². The predicted molar refractivity (Wildman–Crippen MR) is 28.2 cm³/mol. The third-order valence-electron chi connectivity index (χ3n) is 0.602. The van der Waals surface area contributed by atoms with Crippen molar-refractivity contribution in [3.05, 3.63) is 12.1 Å². The van der Waals surface area contributed by atoms with Crippen molar-refractivity contribution in [3.63, 3.8) is 0 Å². The highest BCUT2D eigenvalue weighted by molar-refractivity contribution is 5.85. The number of carbonyl (C=O) groups excluding carboxylic acids is 1. The molecule has 0 heterocycles. The zero-order valence-electron chi connectivity index (χ0n) is 5.18. The molecule has 0 N–H and O–H groups in total. The van der Waals surface area contributed by atoms with Crippen LogP contribution in [0.3, 0.4) is 0 Å². The fourth-order valence-electron chi connectivity index (χ4n) is 0.249. The molecule has 0 aliphatic carbocycles. The van der Waals surface area contributed by atoms with Crippen molar-refractivity contribution in [2.24, 2.45) is 0 Å². The molecular weight excluding hydrogens is 127 g/mol. The van der Waals surface area contributed by atoms with Gasteiger partial charge in [-0.05, 0) is 0 Å². The van der Waals surface area contributed by atoms with E-state index in [4.69, 9.17) is 0 Å². The van der Waals surface area contributed by atoms with Gasteiger partial charge in [0, 0.05) is 0 Å². The first-order valence-corrected chi connectivity index (χ1v) is 2.19. The third kappa shape index (κ3) is 2.69. The van der Waals surface area contributed by atoms with Crippen molar-refractivity contribution in [1.29, 1.82) is 0 Å². The lowest BCUT2D eigenvalue weighted by Gasteiger charge is -1.92. The summed E-state index contributed by atoms with van der Waals surface area (Å²) in [5.41, 5.74) is 0. The Balaban J connectivity index is 3.86. The highest BCUT2D eigenvalue weighted by atomic mass is 19.1. The lowest BCUT2D eigenvalue weighted by Crippen LogP contribution is -2.00.